The number of hydrogen-bond acceptors (Lipinski definition) is 6. The Morgan fingerprint density at radius 2 is 1.58 bits per heavy atom. The third kappa shape index (κ3) is 5.42. The summed E-state index contributed by atoms with van der Waals surface area (Å²) in [6, 6.07) is 10.2. The van der Waals surface area contributed by atoms with Crippen LogP contribution < -0.4 is 19.5 Å². The van der Waals surface area contributed by atoms with E-state index in [0.29, 0.717) is 43.2 Å². The zero-order valence-corrected chi connectivity index (χ0v) is 20.6. The number of carbonyl (C=O) groups is 1. The van der Waals surface area contributed by atoms with Crippen LogP contribution in [0.3, 0.4) is 0 Å². The lowest BCUT2D eigenvalue weighted by Gasteiger charge is -2.31. The van der Waals surface area contributed by atoms with Crippen LogP contribution in [0, 0.1) is 12.8 Å². The van der Waals surface area contributed by atoms with Gasteiger partial charge < -0.3 is 19.5 Å². The largest absolute Gasteiger partial charge is 0.496 e. The Kier molecular flexibility index (Phi) is 7.86. The molecule has 2 aromatic rings. The maximum absolute atomic E-state index is 13.1. The van der Waals surface area contributed by atoms with Crippen LogP contribution >= 0.6 is 0 Å². The summed E-state index contributed by atoms with van der Waals surface area (Å²) in [4.78, 5) is 13.1. The van der Waals surface area contributed by atoms with Crippen molar-refractivity contribution in [2.75, 3.05) is 34.4 Å². The van der Waals surface area contributed by atoms with E-state index in [4.69, 9.17) is 14.2 Å². The maximum Gasteiger partial charge on any atom is 0.243 e. The maximum atomic E-state index is 13.1. The predicted octanol–water partition coefficient (Wildman–Crippen LogP) is 3.30. The molecule has 9 heteroatoms. The van der Waals surface area contributed by atoms with Crippen molar-refractivity contribution in [3.8, 4) is 17.2 Å². The van der Waals surface area contributed by atoms with E-state index >= 15 is 0 Å². The zero-order chi connectivity index (χ0) is 24.2. The molecule has 0 spiro atoms. The number of piperidine rings is 1. The highest BCUT2D eigenvalue weighted by atomic mass is 32.2. The fraction of sp³-hybridized carbons (Fsp3) is 0.458. The Bertz CT molecular complexity index is 1090. The van der Waals surface area contributed by atoms with Crippen LogP contribution in [0.1, 0.15) is 36.9 Å². The number of nitrogens with one attached hydrogen (secondary N) is 1. The van der Waals surface area contributed by atoms with Gasteiger partial charge in [0, 0.05) is 19.0 Å². The molecule has 0 unspecified atom stereocenters. The average Bonchev–Trinajstić information content (AvgIpc) is 2.83. The van der Waals surface area contributed by atoms with Crippen LogP contribution in [-0.4, -0.2) is 53.0 Å². The minimum absolute atomic E-state index is 0.0744. The number of carbonyl (C=O) groups excluding carboxylic acids is 1. The smallest absolute Gasteiger partial charge is 0.243 e. The van der Waals surface area contributed by atoms with Gasteiger partial charge in [0.05, 0.1) is 32.3 Å². The Balaban J connectivity index is 1.61. The SMILES string of the molecule is COc1ccc(S(=O)(=O)N2CCC(C(=O)N[C@@H](C)c3ccc(OC)c(OC)c3)CC2)cc1C. The van der Waals surface area contributed by atoms with Gasteiger partial charge in [-0.05, 0) is 68.1 Å². The Morgan fingerprint density at radius 1 is 0.970 bits per heavy atom. The molecule has 2 aromatic carbocycles. The van der Waals surface area contributed by atoms with E-state index in [9.17, 15) is 13.2 Å². The summed E-state index contributed by atoms with van der Waals surface area (Å²) in [5.41, 5.74) is 1.66. The number of benzene rings is 2. The highest BCUT2D eigenvalue weighted by Crippen LogP contribution is 2.31. The number of ether oxygens (including phenoxy) is 3. The van der Waals surface area contributed by atoms with Crippen molar-refractivity contribution in [2.24, 2.45) is 5.92 Å². The van der Waals surface area contributed by atoms with E-state index in [1.807, 2.05) is 26.0 Å². The molecule has 8 nitrogen and oxygen atoms in total. The van der Waals surface area contributed by atoms with Crippen LogP contribution in [0.2, 0.25) is 0 Å². The first-order chi connectivity index (χ1) is 15.7. The van der Waals surface area contributed by atoms with Crippen molar-refractivity contribution in [1.82, 2.24) is 9.62 Å². The van der Waals surface area contributed by atoms with Gasteiger partial charge in [-0.3, -0.25) is 4.79 Å². The summed E-state index contributed by atoms with van der Waals surface area (Å²) in [5.74, 6) is 1.56. The Hall–Kier alpha value is -2.78. The lowest BCUT2D eigenvalue weighted by atomic mass is 9.96. The molecule has 1 atom stereocenters. The number of amides is 1. The van der Waals surface area contributed by atoms with E-state index < -0.39 is 10.0 Å². The van der Waals surface area contributed by atoms with Crippen LogP contribution in [0.4, 0.5) is 0 Å². The second kappa shape index (κ2) is 10.4. The molecule has 33 heavy (non-hydrogen) atoms. The van der Waals surface area contributed by atoms with Gasteiger partial charge in [0.1, 0.15) is 5.75 Å². The second-order valence-corrected chi connectivity index (χ2v) is 10.1. The molecule has 1 aliphatic heterocycles. The summed E-state index contributed by atoms with van der Waals surface area (Å²) >= 11 is 0. The molecule has 0 aromatic heterocycles. The van der Waals surface area contributed by atoms with Gasteiger partial charge in [-0.25, -0.2) is 8.42 Å². The average molecular weight is 477 g/mol. The summed E-state index contributed by atoms with van der Waals surface area (Å²) < 4.78 is 43.4. The molecule has 0 radical (unpaired) electrons. The summed E-state index contributed by atoms with van der Waals surface area (Å²) in [6.07, 6.45) is 0.942. The molecule has 0 bridgehead atoms. The molecule has 1 amide bonds. The molecule has 1 N–H and O–H groups in total. The number of methoxy groups -OCH3 is 3. The quantitative estimate of drug-likeness (QED) is 0.628. The summed E-state index contributed by atoms with van der Waals surface area (Å²) in [7, 11) is 1.08. The molecule has 0 aliphatic carbocycles. The highest BCUT2D eigenvalue weighted by Gasteiger charge is 2.32. The summed E-state index contributed by atoms with van der Waals surface area (Å²) in [5, 5.41) is 3.04. The highest BCUT2D eigenvalue weighted by molar-refractivity contribution is 7.89. The molecule has 1 saturated heterocycles. The van der Waals surface area contributed by atoms with E-state index in [2.05, 4.69) is 5.32 Å². The van der Waals surface area contributed by atoms with Crippen molar-refractivity contribution >= 4 is 15.9 Å². The van der Waals surface area contributed by atoms with Gasteiger partial charge in [-0.1, -0.05) is 6.07 Å². The first kappa shape index (κ1) is 24.9. The van der Waals surface area contributed by atoms with E-state index in [-0.39, 0.29) is 22.8 Å². The third-order valence-corrected chi connectivity index (χ3v) is 7.99. The predicted molar refractivity (Wildman–Crippen MR) is 125 cm³/mol. The number of sulfonamides is 1. The van der Waals surface area contributed by atoms with Crippen molar-refractivity contribution < 1.29 is 27.4 Å². The lowest BCUT2D eigenvalue weighted by molar-refractivity contribution is -0.126. The van der Waals surface area contributed by atoms with Gasteiger partial charge >= 0.3 is 0 Å². The van der Waals surface area contributed by atoms with Crippen molar-refractivity contribution in [3.63, 3.8) is 0 Å². The molecule has 180 valence electrons. The van der Waals surface area contributed by atoms with Gasteiger partial charge in [-0.2, -0.15) is 4.31 Å². The van der Waals surface area contributed by atoms with Gasteiger partial charge in [0.15, 0.2) is 11.5 Å². The number of nitrogens with zero attached hydrogens (tertiary/aromatic N) is 1. The van der Waals surface area contributed by atoms with Gasteiger partial charge in [-0.15, -0.1) is 0 Å². The van der Waals surface area contributed by atoms with Gasteiger partial charge in [0.25, 0.3) is 0 Å². The number of rotatable bonds is 8. The van der Waals surface area contributed by atoms with Crippen LogP contribution in [0.5, 0.6) is 17.2 Å². The second-order valence-electron chi connectivity index (χ2n) is 8.15. The lowest BCUT2D eigenvalue weighted by Crippen LogP contribution is -2.43. The van der Waals surface area contributed by atoms with Crippen LogP contribution in [0.15, 0.2) is 41.3 Å². The molecule has 0 saturated carbocycles. The minimum Gasteiger partial charge on any atom is -0.496 e. The van der Waals surface area contributed by atoms with Crippen LogP contribution in [-0.2, 0) is 14.8 Å². The molecule has 1 aliphatic rings. The van der Waals surface area contributed by atoms with E-state index in [1.165, 1.54) is 4.31 Å². The third-order valence-electron chi connectivity index (χ3n) is 6.10. The monoisotopic (exact) mass is 476 g/mol. The summed E-state index contributed by atoms with van der Waals surface area (Å²) in [6.45, 7) is 4.32. The molecule has 1 heterocycles. The van der Waals surface area contributed by atoms with Crippen molar-refractivity contribution in [3.05, 3.63) is 47.5 Å². The molecule has 1 fully saturated rings. The molecular formula is C24H32N2O6S. The fourth-order valence-corrected chi connectivity index (χ4v) is 5.61. The van der Waals surface area contributed by atoms with Gasteiger partial charge in [0.2, 0.25) is 15.9 Å². The minimum atomic E-state index is -3.62. The zero-order valence-electron chi connectivity index (χ0n) is 19.8. The normalized spacial score (nSPS) is 16.2. The van der Waals surface area contributed by atoms with Crippen molar-refractivity contribution in [2.45, 2.75) is 37.6 Å². The fourth-order valence-electron chi connectivity index (χ4n) is 4.06. The Labute approximate surface area is 195 Å². The van der Waals surface area contributed by atoms with E-state index in [1.54, 1.807) is 45.6 Å². The topological polar surface area (TPSA) is 94.2 Å². The Morgan fingerprint density at radius 3 is 2.15 bits per heavy atom. The van der Waals surface area contributed by atoms with Crippen molar-refractivity contribution in [1.29, 1.82) is 0 Å². The number of hydrogen-bond donors (Lipinski definition) is 1. The molecular weight excluding hydrogens is 444 g/mol. The first-order valence-electron chi connectivity index (χ1n) is 10.9. The first-order valence-corrected chi connectivity index (χ1v) is 12.3. The van der Waals surface area contributed by atoms with Crippen LogP contribution in [0.25, 0.3) is 0 Å². The molecule has 3 rings (SSSR count). The van der Waals surface area contributed by atoms with E-state index in [0.717, 1.165) is 11.1 Å². The standard InChI is InChI=1S/C24H32N2O6S/c1-16-14-20(7-9-21(16)30-3)33(28,29)26-12-10-18(11-13-26)24(27)25-17(2)19-6-8-22(31-4)23(15-19)32-5/h6-9,14-15,17-18H,10-13H2,1-5H3,(H,25,27)/t17-/m0/s1. The number of aryl methyl sites for hydroxylation is 1.